The van der Waals surface area contributed by atoms with Crippen LogP contribution in [0.15, 0.2) is 97.1 Å². The minimum atomic E-state index is -1.23. The highest BCUT2D eigenvalue weighted by Crippen LogP contribution is 2.32. The van der Waals surface area contributed by atoms with E-state index in [0.717, 1.165) is 4.90 Å². The number of quaternary nitrogens is 1. The summed E-state index contributed by atoms with van der Waals surface area (Å²) in [6, 6.07) is 25.0. The van der Waals surface area contributed by atoms with Gasteiger partial charge in [-0.25, -0.2) is 14.8 Å². The van der Waals surface area contributed by atoms with Gasteiger partial charge >= 0.3 is 17.9 Å². The number of rotatable bonds is 15. The van der Waals surface area contributed by atoms with Gasteiger partial charge in [0, 0.05) is 36.6 Å². The van der Waals surface area contributed by atoms with Gasteiger partial charge in [-0.05, 0) is 42.0 Å². The second-order valence-electron chi connectivity index (χ2n) is 11.5. The molecule has 4 rings (SSSR count). The summed E-state index contributed by atoms with van der Waals surface area (Å²) < 4.78 is 15.2. The van der Waals surface area contributed by atoms with E-state index in [0.29, 0.717) is 28.4 Å². The lowest BCUT2D eigenvalue weighted by Gasteiger charge is -2.27. The molecule has 272 valence electrons. The molecular formula is C37H40N5O10+. The van der Waals surface area contributed by atoms with E-state index in [-0.39, 0.29) is 23.5 Å². The van der Waals surface area contributed by atoms with Crippen molar-refractivity contribution in [1.82, 2.24) is 9.96 Å². The first-order valence-corrected chi connectivity index (χ1v) is 15.9. The number of nitrogens with one attached hydrogen (secondary N) is 2. The van der Waals surface area contributed by atoms with Gasteiger partial charge in [0.25, 0.3) is 0 Å². The number of methoxy groups -OCH3 is 2. The summed E-state index contributed by atoms with van der Waals surface area (Å²) in [7, 11) is 5.67. The maximum atomic E-state index is 13.8. The predicted molar refractivity (Wildman–Crippen MR) is 193 cm³/mol. The van der Waals surface area contributed by atoms with Gasteiger partial charge in [0.1, 0.15) is 30.8 Å². The fraction of sp³-hybridized carbons (Fsp3) is 0.216. The van der Waals surface area contributed by atoms with E-state index in [2.05, 4.69) is 10.6 Å². The number of urea groups is 1. The van der Waals surface area contributed by atoms with Crippen molar-refractivity contribution < 1.29 is 48.5 Å². The number of amides is 5. The Morgan fingerprint density at radius 1 is 0.808 bits per heavy atom. The third-order valence-electron chi connectivity index (χ3n) is 7.88. The number of ether oxygens (including phenoxy) is 3. The molecule has 1 unspecified atom stereocenters. The van der Waals surface area contributed by atoms with Crippen LogP contribution < -0.4 is 39.3 Å². The minimum absolute atomic E-state index is 0.0438. The van der Waals surface area contributed by atoms with Gasteiger partial charge < -0.3 is 34.9 Å². The highest BCUT2D eigenvalue weighted by Gasteiger charge is 2.36. The van der Waals surface area contributed by atoms with E-state index in [1.807, 2.05) is 0 Å². The smallest absolute Gasteiger partial charge is 0.388 e. The predicted octanol–water partition coefficient (Wildman–Crippen LogP) is 4.08. The molecule has 0 aromatic heterocycles. The molecule has 0 aliphatic heterocycles. The van der Waals surface area contributed by atoms with Crippen LogP contribution in [0.4, 0.5) is 27.5 Å². The van der Waals surface area contributed by atoms with Crippen molar-refractivity contribution >= 4 is 52.5 Å². The van der Waals surface area contributed by atoms with Crippen LogP contribution in [0.25, 0.3) is 0 Å². The normalized spacial score (nSPS) is 11.7. The van der Waals surface area contributed by atoms with Crippen LogP contribution in [-0.4, -0.2) is 88.0 Å². The summed E-state index contributed by atoms with van der Waals surface area (Å²) in [5.41, 5.74) is 1.61. The van der Waals surface area contributed by atoms with Crippen molar-refractivity contribution in [3.8, 4) is 17.2 Å². The fourth-order valence-electron chi connectivity index (χ4n) is 4.96. The highest BCUT2D eigenvalue weighted by atomic mass is 16.6. The Bertz CT molecular complexity index is 1900. The maximum absolute atomic E-state index is 13.8. The first kappa shape index (κ1) is 38.4. The van der Waals surface area contributed by atoms with Crippen LogP contribution in [0, 0.1) is 0 Å². The SMILES string of the molecule is COc1cc(OC)cc([N+](C)(O)C(=O)COc2ccccc2N(CC(=O)N(C)c2ccccc2)C(=O)CNC(=O)Nc2cccc(CC(=O)O)c2)c1. The summed E-state index contributed by atoms with van der Waals surface area (Å²) in [4.78, 5) is 67.0. The topological polar surface area (TPSA) is 184 Å². The van der Waals surface area contributed by atoms with Gasteiger partial charge in [-0.15, -0.1) is 0 Å². The molecule has 0 spiro atoms. The van der Waals surface area contributed by atoms with Crippen LogP contribution in [0.2, 0.25) is 0 Å². The largest absolute Gasteiger partial charge is 0.496 e. The monoisotopic (exact) mass is 714 g/mol. The lowest BCUT2D eigenvalue weighted by Crippen LogP contribution is -2.50. The molecular weight excluding hydrogens is 674 g/mol. The molecule has 0 aliphatic carbocycles. The molecule has 15 nitrogen and oxygen atoms in total. The zero-order valence-corrected chi connectivity index (χ0v) is 29.1. The molecule has 4 N–H and O–H groups in total. The molecule has 0 saturated heterocycles. The average molecular weight is 715 g/mol. The van der Waals surface area contributed by atoms with Crippen LogP contribution in [0.1, 0.15) is 5.56 Å². The molecule has 15 heteroatoms. The van der Waals surface area contributed by atoms with Gasteiger partial charge in [-0.2, -0.15) is 0 Å². The molecule has 0 bridgehead atoms. The molecule has 52 heavy (non-hydrogen) atoms. The van der Waals surface area contributed by atoms with Gasteiger partial charge in [-0.1, -0.05) is 47.1 Å². The van der Waals surface area contributed by atoms with Gasteiger partial charge in [0.05, 0.1) is 32.9 Å². The van der Waals surface area contributed by atoms with E-state index in [1.165, 1.54) is 56.5 Å². The lowest BCUT2D eigenvalue weighted by molar-refractivity contribution is -0.158. The molecule has 0 fully saturated rings. The van der Waals surface area contributed by atoms with Crippen LogP contribution in [0.5, 0.6) is 17.2 Å². The Morgan fingerprint density at radius 3 is 2.12 bits per heavy atom. The van der Waals surface area contributed by atoms with E-state index in [4.69, 9.17) is 19.3 Å². The number of hydrogen-bond acceptors (Lipinski definition) is 9. The molecule has 0 aliphatic rings. The number of aliphatic carboxylic acids is 1. The van der Waals surface area contributed by atoms with Gasteiger partial charge in [-0.3, -0.25) is 19.3 Å². The second-order valence-corrected chi connectivity index (χ2v) is 11.5. The number of benzene rings is 4. The lowest BCUT2D eigenvalue weighted by atomic mass is 10.1. The van der Waals surface area contributed by atoms with Crippen molar-refractivity contribution in [3.63, 3.8) is 0 Å². The number of carbonyl (C=O) groups excluding carboxylic acids is 4. The van der Waals surface area contributed by atoms with E-state index in [9.17, 15) is 29.2 Å². The van der Waals surface area contributed by atoms with E-state index in [1.54, 1.807) is 73.8 Å². The number of hydrogen-bond donors (Lipinski definition) is 4. The molecule has 5 amide bonds. The fourth-order valence-corrected chi connectivity index (χ4v) is 4.96. The zero-order valence-electron chi connectivity index (χ0n) is 29.1. The number of likely N-dealkylation sites (N-methyl/N-ethyl adjacent to an activating group) is 2. The first-order chi connectivity index (χ1) is 24.8. The van der Waals surface area contributed by atoms with Gasteiger partial charge in [0.15, 0.2) is 5.69 Å². The Balaban J connectivity index is 1.55. The van der Waals surface area contributed by atoms with Crippen molar-refractivity contribution in [3.05, 3.63) is 103 Å². The standard InChI is InChI=1S/C37H39N5O10/c1-40(27-13-6-5-7-14-27)34(44)23-41(33(43)22-38-37(48)39-26-12-10-11-25(17-26)18-36(46)47)31-15-8-9-16-32(31)52-24-35(45)42(2,49)28-19-29(50-3)21-30(20-28)51-4/h5-17,19-21,49H,18,22-24H2,1-4H3,(H2-,38,39,46,47,48)/p+1. The third-order valence-corrected chi connectivity index (χ3v) is 7.88. The van der Waals surface area contributed by atoms with Crippen LogP contribution >= 0.6 is 0 Å². The van der Waals surface area contributed by atoms with Crippen LogP contribution in [0.3, 0.4) is 0 Å². The number of hydroxylamine groups is 2. The van der Waals surface area contributed by atoms with E-state index >= 15 is 0 Å². The molecule has 4 aromatic rings. The van der Waals surface area contributed by atoms with Crippen molar-refractivity contribution in [2.24, 2.45) is 0 Å². The number of carboxylic acid groups (broad SMARTS) is 1. The first-order valence-electron chi connectivity index (χ1n) is 15.9. The minimum Gasteiger partial charge on any atom is -0.496 e. The molecule has 0 heterocycles. The third kappa shape index (κ3) is 10.1. The Morgan fingerprint density at radius 2 is 1.46 bits per heavy atom. The average Bonchev–Trinajstić information content (AvgIpc) is 3.14. The summed E-state index contributed by atoms with van der Waals surface area (Å²) in [5.74, 6) is -2.25. The summed E-state index contributed by atoms with van der Waals surface area (Å²) in [5, 5.41) is 25.3. The molecule has 0 saturated carbocycles. The van der Waals surface area contributed by atoms with Crippen molar-refractivity contribution in [1.29, 1.82) is 0 Å². The molecule has 1 atom stereocenters. The summed E-state index contributed by atoms with van der Waals surface area (Å²) >= 11 is 0. The second kappa shape index (κ2) is 17.5. The number of carboxylic acids is 1. The Hall–Kier alpha value is -6.45. The Kier molecular flexibility index (Phi) is 12.9. The molecule has 4 aromatic carbocycles. The maximum Gasteiger partial charge on any atom is 0.388 e. The van der Waals surface area contributed by atoms with Crippen molar-refractivity contribution in [2.45, 2.75) is 6.42 Å². The Labute approximate surface area is 300 Å². The summed E-state index contributed by atoms with van der Waals surface area (Å²) in [6.45, 7) is -1.68. The highest BCUT2D eigenvalue weighted by molar-refractivity contribution is 6.06. The number of carbonyl (C=O) groups is 5. The van der Waals surface area contributed by atoms with Crippen LogP contribution in [-0.2, 0) is 25.6 Å². The quantitative estimate of drug-likeness (QED) is 0.0795. The number of anilines is 3. The summed E-state index contributed by atoms with van der Waals surface area (Å²) in [6.07, 6.45) is -0.241. The van der Waals surface area contributed by atoms with Crippen molar-refractivity contribution in [2.75, 3.05) is 63.1 Å². The zero-order chi connectivity index (χ0) is 37.8. The van der Waals surface area contributed by atoms with Gasteiger partial charge in [0.2, 0.25) is 18.4 Å². The molecule has 0 radical (unpaired) electrons. The number of para-hydroxylation sites is 3. The van der Waals surface area contributed by atoms with E-state index < -0.39 is 54.1 Å². The number of nitrogens with zero attached hydrogens (tertiary/aromatic N) is 3.